The third-order valence-electron chi connectivity index (χ3n) is 5.06. The summed E-state index contributed by atoms with van der Waals surface area (Å²) in [7, 11) is 1.73. The molecule has 0 aliphatic carbocycles. The molecule has 1 fully saturated rings. The third-order valence-corrected chi connectivity index (χ3v) is 5.06. The number of nitrogens with one attached hydrogen (secondary N) is 2. The molecule has 2 aromatic heterocycles. The minimum Gasteiger partial charge on any atom is -0.357 e. The summed E-state index contributed by atoms with van der Waals surface area (Å²) in [5.74, 6) is 0.275. The lowest BCUT2D eigenvalue weighted by Crippen LogP contribution is -2.39. The normalized spacial score (nSPS) is 16.8. The number of rotatable bonds is 4. The van der Waals surface area contributed by atoms with Gasteiger partial charge in [0.15, 0.2) is 0 Å². The molecule has 1 aliphatic heterocycles. The zero-order valence-electron chi connectivity index (χ0n) is 15.5. The Balaban J connectivity index is 1.53. The number of carbonyl (C=O) groups excluding carboxylic acids is 1. The predicted molar refractivity (Wildman–Crippen MR) is 103 cm³/mol. The molecule has 3 aromatic rings. The number of aromatic nitrogens is 4. The highest BCUT2D eigenvalue weighted by molar-refractivity contribution is 5.93. The Kier molecular flexibility index (Phi) is 5.01. The molecule has 0 spiro atoms. The second-order valence-electron chi connectivity index (χ2n) is 6.84. The van der Waals surface area contributed by atoms with Gasteiger partial charge in [0.25, 0.3) is 5.91 Å². The van der Waals surface area contributed by atoms with E-state index in [4.69, 9.17) is 0 Å². The molecule has 7 nitrogen and oxygen atoms in total. The number of hydrogen-bond donors (Lipinski definition) is 2. The molecule has 2 N–H and O–H groups in total. The molecule has 1 aliphatic rings. The van der Waals surface area contributed by atoms with E-state index < -0.39 is 0 Å². The molecule has 1 saturated heterocycles. The molecule has 1 unspecified atom stereocenters. The van der Waals surface area contributed by atoms with Crippen molar-refractivity contribution in [3.05, 3.63) is 59.9 Å². The summed E-state index contributed by atoms with van der Waals surface area (Å²) in [5, 5.41) is 10.1. The Morgan fingerprint density at radius 3 is 2.68 bits per heavy atom. The molecule has 144 valence electrons. The van der Waals surface area contributed by atoms with Crippen LogP contribution in [0.2, 0.25) is 0 Å². The fraction of sp³-hybridized carbons (Fsp3) is 0.300. The summed E-state index contributed by atoms with van der Waals surface area (Å²) in [4.78, 5) is 23.0. The van der Waals surface area contributed by atoms with Gasteiger partial charge in [-0.2, -0.15) is 5.10 Å². The van der Waals surface area contributed by atoms with E-state index in [0.717, 1.165) is 29.7 Å². The predicted octanol–water partition coefficient (Wildman–Crippen LogP) is 3.07. The Hall–Kier alpha value is -3.29. The van der Waals surface area contributed by atoms with Crippen LogP contribution in [0.3, 0.4) is 0 Å². The molecular formula is C20H21FN6O. The van der Waals surface area contributed by atoms with Gasteiger partial charge in [0.2, 0.25) is 5.95 Å². The first-order valence-corrected chi connectivity index (χ1v) is 9.24. The zero-order valence-corrected chi connectivity index (χ0v) is 15.5. The minimum absolute atomic E-state index is 0.0739. The smallest absolute Gasteiger partial charge is 0.257 e. The van der Waals surface area contributed by atoms with Crippen molar-refractivity contribution < 1.29 is 9.18 Å². The molecular weight excluding hydrogens is 359 g/mol. The molecule has 1 atom stereocenters. The van der Waals surface area contributed by atoms with Crippen molar-refractivity contribution in [1.29, 1.82) is 0 Å². The Morgan fingerprint density at radius 2 is 1.96 bits per heavy atom. The van der Waals surface area contributed by atoms with Crippen molar-refractivity contribution in [3.8, 4) is 11.1 Å². The van der Waals surface area contributed by atoms with Crippen LogP contribution >= 0.6 is 0 Å². The first-order chi connectivity index (χ1) is 13.7. The van der Waals surface area contributed by atoms with Gasteiger partial charge >= 0.3 is 0 Å². The molecule has 1 aromatic carbocycles. The van der Waals surface area contributed by atoms with Crippen molar-refractivity contribution in [3.63, 3.8) is 0 Å². The topological polar surface area (TPSA) is 86.8 Å². The van der Waals surface area contributed by atoms with Crippen LogP contribution < -0.4 is 5.32 Å². The van der Waals surface area contributed by atoms with E-state index in [-0.39, 0.29) is 17.6 Å². The standard InChI is InChI=1S/C20H21FN6O/c1-22-20-23-9-15(10-24-20)19(28)27-8-2-3-14(12-27)18-17(11-25-26-18)13-4-6-16(21)7-5-13/h4-7,9-11,14H,2-3,8,12H2,1H3,(H,25,26)(H,22,23,24). The number of H-pyrrole nitrogens is 1. The molecule has 3 heterocycles. The van der Waals surface area contributed by atoms with Gasteiger partial charge in [-0.25, -0.2) is 14.4 Å². The molecule has 0 radical (unpaired) electrons. The van der Waals surface area contributed by atoms with Crippen molar-refractivity contribution >= 4 is 11.9 Å². The van der Waals surface area contributed by atoms with Gasteiger partial charge < -0.3 is 10.2 Å². The van der Waals surface area contributed by atoms with Gasteiger partial charge in [0.1, 0.15) is 5.82 Å². The molecule has 0 bridgehead atoms. The number of nitrogens with zero attached hydrogens (tertiary/aromatic N) is 4. The van der Waals surface area contributed by atoms with Crippen LogP contribution in [0.5, 0.6) is 0 Å². The van der Waals surface area contributed by atoms with E-state index >= 15 is 0 Å². The number of hydrogen-bond acceptors (Lipinski definition) is 5. The van der Waals surface area contributed by atoms with E-state index in [2.05, 4.69) is 25.5 Å². The van der Waals surface area contributed by atoms with E-state index in [1.165, 1.54) is 12.1 Å². The summed E-state index contributed by atoms with van der Waals surface area (Å²) >= 11 is 0. The van der Waals surface area contributed by atoms with Gasteiger partial charge in [-0.15, -0.1) is 0 Å². The summed E-state index contributed by atoms with van der Waals surface area (Å²) in [5.41, 5.74) is 3.31. The van der Waals surface area contributed by atoms with Crippen molar-refractivity contribution in [2.45, 2.75) is 18.8 Å². The Bertz CT molecular complexity index is 954. The average molecular weight is 380 g/mol. The number of carbonyl (C=O) groups is 1. The van der Waals surface area contributed by atoms with E-state index in [1.54, 1.807) is 37.8 Å². The summed E-state index contributed by atoms with van der Waals surface area (Å²) in [6.45, 7) is 1.28. The first kappa shape index (κ1) is 18.1. The lowest BCUT2D eigenvalue weighted by Gasteiger charge is -2.32. The van der Waals surface area contributed by atoms with Gasteiger partial charge in [-0.1, -0.05) is 12.1 Å². The Morgan fingerprint density at radius 1 is 1.21 bits per heavy atom. The second kappa shape index (κ2) is 7.75. The fourth-order valence-electron chi connectivity index (χ4n) is 3.61. The van der Waals surface area contributed by atoms with Crippen LogP contribution in [0.15, 0.2) is 42.9 Å². The van der Waals surface area contributed by atoms with Crippen LogP contribution in [-0.2, 0) is 0 Å². The highest BCUT2D eigenvalue weighted by atomic mass is 19.1. The average Bonchev–Trinajstić information content (AvgIpc) is 3.24. The van der Waals surface area contributed by atoms with Crippen molar-refractivity contribution in [2.75, 3.05) is 25.5 Å². The van der Waals surface area contributed by atoms with Gasteiger partial charge in [-0.3, -0.25) is 9.89 Å². The first-order valence-electron chi connectivity index (χ1n) is 9.24. The molecule has 0 saturated carbocycles. The summed E-state index contributed by atoms with van der Waals surface area (Å²) in [6, 6.07) is 6.38. The van der Waals surface area contributed by atoms with Gasteiger partial charge in [0.05, 0.1) is 11.8 Å². The third kappa shape index (κ3) is 3.58. The quantitative estimate of drug-likeness (QED) is 0.726. The zero-order chi connectivity index (χ0) is 19.5. The van der Waals surface area contributed by atoms with Crippen LogP contribution in [-0.4, -0.2) is 51.1 Å². The summed E-state index contributed by atoms with van der Waals surface area (Å²) < 4.78 is 13.3. The van der Waals surface area contributed by atoms with Crippen molar-refractivity contribution in [1.82, 2.24) is 25.1 Å². The lowest BCUT2D eigenvalue weighted by molar-refractivity contribution is 0.0705. The van der Waals surface area contributed by atoms with Crippen LogP contribution in [0.1, 0.15) is 34.8 Å². The highest BCUT2D eigenvalue weighted by Crippen LogP contribution is 2.33. The van der Waals surface area contributed by atoms with Gasteiger partial charge in [0, 0.05) is 49.7 Å². The van der Waals surface area contributed by atoms with E-state index in [1.807, 2.05) is 4.90 Å². The fourth-order valence-corrected chi connectivity index (χ4v) is 3.61. The largest absolute Gasteiger partial charge is 0.357 e. The van der Waals surface area contributed by atoms with E-state index in [0.29, 0.717) is 24.6 Å². The maximum Gasteiger partial charge on any atom is 0.257 e. The number of piperidine rings is 1. The van der Waals surface area contributed by atoms with Crippen LogP contribution in [0.4, 0.5) is 10.3 Å². The number of amides is 1. The van der Waals surface area contributed by atoms with Crippen molar-refractivity contribution in [2.24, 2.45) is 0 Å². The molecule has 4 rings (SSSR count). The minimum atomic E-state index is -0.269. The summed E-state index contributed by atoms with van der Waals surface area (Å²) in [6.07, 6.45) is 6.70. The number of halogens is 1. The molecule has 28 heavy (non-hydrogen) atoms. The van der Waals surface area contributed by atoms with Gasteiger partial charge in [-0.05, 0) is 30.5 Å². The molecule has 8 heteroatoms. The monoisotopic (exact) mass is 380 g/mol. The van der Waals surface area contributed by atoms with Crippen LogP contribution in [0, 0.1) is 5.82 Å². The number of aromatic amines is 1. The number of benzene rings is 1. The maximum absolute atomic E-state index is 13.3. The van der Waals surface area contributed by atoms with Crippen LogP contribution in [0.25, 0.3) is 11.1 Å². The SMILES string of the molecule is CNc1ncc(C(=O)N2CCCC(c3[nH]ncc3-c3ccc(F)cc3)C2)cn1. The maximum atomic E-state index is 13.3. The molecule has 1 amide bonds. The van der Waals surface area contributed by atoms with E-state index in [9.17, 15) is 9.18 Å². The highest BCUT2D eigenvalue weighted by Gasteiger charge is 2.28. The second-order valence-corrected chi connectivity index (χ2v) is 6.84. The number of likely N-dealkylation sites (tertiary alicyclic amines) is 1. The lowest BCUT2D eigenvalue weighted by atomic mass is 9.90. The number of anilines is 1. The Labute approximate surface area is 162 Å².